The Bertz CT molecular complexity index is 1670. The number of nitrogens with one attached hydrogen (secondary N) is 1. The Balaban J connectivity index is 1.34. The number of ether oxygens (including phenoxy) is 4. The molecule has 0 saturated heterocycles. The smallest absolute Gasteiger partial charge is 0.387 e. The van der Waals surface area contributed by atoms with Crippen molar-refractivity contribution in [1.82, 2.24) is 9.88 Å². The maximum absolute atomic E-state index is 13.2. The highest BCUT2D eigenvalue weighted by molar-refractivity contribution is 6.35. The van der Waals surface area contributed by atoms with Crippen molar-refractivity contribution >= 4 is 52.6 Å². The fourth-order valence-corrected chi connectivity index (χ4v) is 5.52. The van der Waals surface area contributed by atoms with E-state index in [1.54, 1.807) is 0 Å². The number of alkyl halides is 2. The summed E-state index contributed by atoms with van der Waals surface area (Å²) in [6.45, 7) is -4.00. The van der Waals surface area contributed by atoms with Gasteiger partial charge in [0.1, 0.15) is 13.2 Å². The van der Waals surface area contributed by atoms with E-state index in [0.717, 1.165) is 17.7 Å². The van der Waals surface area contributed by atoms with Crippen LogP contribution in [0.15, 0.2) is 48.8 Å². The summed E-state index contributed by atoms with van der Waals surface area (Å²) in [6.07, 6.45) is 4.90. The molecule has 47 heavy (non-hydrogen) atoms. The maximum Gasteiger partial charge on any atom is 0.387 e. The third-order valence-corrected chi connectivity index (χ3v) is 8.16. The van der Waals surface area contributed by atoms with E-state index in [1.165, 1.54) is 55.9 Å². The highest BCUT2D eigenvalue weighted by Crippen LogP contribution is 2.38. The number of anilines is 1. The number of amides is 3. The zero-order chi connectivity index (χ0) is 33.7. The Morgan fingerprint density at radius 3 is 2.49 bits per heavy atom. The predicted octanol–water partition coefficient (Wildman–Crippen LogP) is 5.53. The third-order valence-electron chi connectivity index (χ3n) is 7.51. The first-order valence-electron chi connectivity index (χ1n) is 14.5. The number of benzene rings is 2. The van der Waals surface area contributed by atoms with E-state index < -0.39 is 42.8 Å². The maximum atomic E-state index is 13.2. The van der Waals surface area contributed by atoms with E-state index in [4.69, 9.17) is 37.4 Å². The first-order valence-corrected chi connectivity index (χ1v) is 15.2. The minimum Gasteiger partial charge on any atom is -0.489 e. The quantitative estimate of drug-likeness (QED) is 0.161. The molecule has 1 saturated carbocycles. The van der Waals surface area contributed by atoms with Crippen LogP contribution in [0, 0.1) is 5.92 Å². The van der Waals surface area contributed by atoms with E-state index in [0.29, 0.717) is 23.7 Å². The van der Waals surface area contributed by atoms with Gasteiger partial charge in [0, 0.05) is 25.4 Å². The molecule has 2 aliphatic rings. The van der Waals surface area contributed by atoms with Crippen LogP contribution in [0.4, 0.5) is 14.5 Å². The van der Waals surface area contributed by atoms with Crippen molar-refractivity contribution in [1.29, 1.82) is 0 Å². The van der Waals surface area contributed by atoms with E-state index in [-0.39, 0.29) is 58.0 Å². The van der Waals surface area contributed by atoms with Gasteiger partial charge in [-0.05, 0) is 60.6 Å². The van der Waals surface area contributed by atoms with E-state index >= 15 is 0 Å². The molecule has 3 amide bonds. The standard InChI is InChI=1S/C32H29Cl2F2N3O8/c1-44-16-27(40)38-24-4-2-3-20-29(24)31(43)39(30(20)42)13-28(41)46-15-19(9-21-22(33)11-37-12-23(21)34)18-7-8-25(47-32(35)36)26(10-18)45-14-17-5-6-17/h2-4,7-8,10-12,17,19,32H,5-6,9,13-16H2,1H3,(H,38,40)/t19-/m1/s1. The van der Waals surface area contributed by atoms with Crippen LogP contribution in [0.1, 0.15) is 50.6 Å². The van der Waals surface area contributed by atoms with Gasteiger partial charge in [0.25, 0.3) is 11.8 Å². The van der Waals surface area contributed by atoms with E-state index in [2.05, 4.69) is 15.0 Å². The number of aromatic nitrogens is 1. The average Bonchev–Trinajstić information content (AvgIpc) is 3.83. The fourth-order valence-electron chi connectivity index (χ4n) is 5.00. The van der Waals surface area contributed by atoms with Crippen molar-refractivity contribution in [2.45, 2.75) is 31.8 Å². The van der Waals surface area contributed by atoms with Gasteiger partial charge in [-0.2, -0.15) is 8.78 Å². The monoisotopic (exact) mass is 691 g/mol. The molecule has 0 bridgehead atoms. The number of fused-ring (bicyclic) bond motifs is 1. The van der Waals surface area contributed by atoms with Crippen molar-refractivity contribution < 1.29 is 46.9 Å². The Morgan fingerprint density at radius 1 is 1.06 bits per heavy atom. The van der Waals surface area contributed by atoms with Gasteiger partial charge in [-0.15, -0.1) is 0 Å². The summed E-state index contributed by atoms with van der Waals surface area (Å²) in [5.41, 5.74) is 1.10. The normalized spacial score (nSPS) is 14.6. The molecule has 2 heterocycles. The summed E-state index contributed by atoms with van der Waals surface area (Å²) >= 11 is 12.8. The van der Waals surface area contributed by atoms with Crippen molar-refractivity contribution in [2.75, 3.05) is 38.8 Å². The minimum absolute atomic E-state index is 0.0164. The number of pyridine rings is 1. The second-order valence-electron chi connectivity index (χ2n) is 10.9. The Morgan fingerprint density at radius 2 is 1.81 bits per heavy atom. The van der Waals surface area contributed by atoms with Gasteiger partial charge in [0.15, 0.2) is 11.5 Å². The summed E-state index contributed by atoms with van der Waals surface area (Å²) in [4.78, 5) is 56.2. The summed E-state index contributed by atoms with van der Waals surface area (Å²) in [6, 6.07) is 8.78. The molecule has 3 aromatic rings. The van der Waals surface area contributed by atoms with Crippen molar-refractivity contribution in [2.24, 2.45) is 5.92 Å². The van der Waals surface area contributed by atoms with E-state index in [1.807, 2.05) is 0 Å². The lowest BCUT2D eigenvalue weighted by atomic mass is 9.92. The zero-order valence-corrected chi connectivity index (χ0v) is 26.5. The Hall–Kier alpha value is -4.33. The lowest BCUT2D eigenvalue weighted by Crippen LogP contribution is -2.36. The van der Waals surface area contributed by atoms with Crippen LogP contribution in [0.5, 0.6) is 11.5 Å². The van der Waals surface area contributed by atoms with Gasteiger partial charge in [0.05, 0.1) is 40.1 Å². The number of carbonyl (C=O) groups excluding carboxylic acids is 4. The third kappa shape index (κ3) is 8.34. The molecule has 2 aromatic carbocycles. The highest BCUT2D eigenvalue weighted by atomic mass is 35.5. The summed E-state index contributed by atoms with van der Waals surface area (Å²) in [5, 5.41) is 3.05. The summed E-state index contributed by atoms with van der Waals surface area (Å²) < 4.78 is 47.1. The van der Waals surface area contributed by atoms with Gasteiger partial charge in [-0.1, -0.05) is 35.3 Å². The van der Waals surface area contributed by atoms with Crippen molar-refractivity contribution in [3.8, 4) is 11.5 Å². The number of nitrogens with zero attached hydrogens (tertiary/aromatic N) is 2. The molecule has 0 radical (unpaired) electrons. The van der Waals surface area contributed by atoms with Crippen LogP contribution in [-0.4, -0.2) is 73.7 Å². The second-order valence-corrected chi connectivity index (χ2v) is 11.7. The number of hydrogen-bond acceptors (Lipinski definition) is 9. The molecule has 11 nitrogen and oxygen atoms in total. The molecular weight excluding hydrogens is 663 g/mol. The van der Waals surface area contributed by atoms with Crippen LogP contribution in [-0.2, 0) is 25.5 Å². The molecule has 1 aliphatic heterocycles. The van der Waals surface area contributed by atoms with Crippen LogP contribution in [0.25, 0.3) is 0 Å². The molecule has 1 aromatic heterocycles. The topological polar surface area (TPSA) is 133 Å². The van der Waals surface area contributed by atoms with Crippen molar-refractivity contribution in [3.63, 3.8) is 0 Å². The molecular formula is C32H29Cl2F2N3O8. The first kappa shape index (κ1) is 34.0. The fraction of sp³-hybridized carbons (Fsp3) is 0.344. The Labute approximate surface area is 278 Å². The molecule has 1 N–H and O–H groups in total. The van der Waals surface area contributed by atoms with Gasteiger partial charge in [-0.3, -0.25) is 29.1 Å². The summed E-state index contributed by atoms with van der Waals surface area (Å²) in [5.74, 6) is -3.31. The van der Waals surface area contributed by atoms with Gasteiger partial charge < -0.3 is 24.3 Å². The number of hydrogen-bond donors (Lipinski definition) is 1. The highest BCUT2D eigenvalue weighted by Gasteiger charge is 2.39. The SMILES string of the molecule is COCC(=O)Nc1cccc2c1C(=O)N(CC(=O)OC[C@@H](Cc1c(Cl)cncc1Cl)c1ccc(OC(F)F)c(OCC3CC3)c1)C2=O. The van der Waals surface area contributed by atoms with Crippen LogP contribution in [0.2, 0.25) is 10.0 Å². The molecule has 1 fully saturated rings. The molecule has 1 atom stereocenters. The van der Waals surface area contributed by atoms with Crippen LogP contribution >= 0.6 is 23.2 Å². The number of halogens is 4. The number of carbonyl (C=O) groups is 4. The molecule has 5 rings (SSSR count). The number of imide groups is 1. The predicted molar refractivity (Wildman–Crippen MR) is 165 cm³/mol. The number of methoxy groups -OCH3 is 1. The van der Waals surface area contributed by atoms with Gasteiger partial charge in [0.2, 0.25) is 5.91 Å². The molecule has 0 spiro atoms. The van der Waals surface area contributed by atoms with Gasteiger partial charge in [-0.25, -0.2) is 0 Å². The lowest BCUT2D eigenvalue weighted by molar-refractivity contribution is -0.144. The number of rotatable bonds is 15. The van der Waals surface area contributed by atoms with Crippen molar-refractivity contribution in [3.05, 3.63) is 81.1 Å². The number of esters is 1. The lowest BCUT2D eigenvalue weighted by Gasteiger charge is -2.22. The molecule has 0 unspecified atom stereocenters. The van der Waals surface area contributed by atoms with Crippen LogP contribution in [0.3, 0.4) is 0 Å². The van der Waals surface area contributed by atoms with E-state index in [9.17, 15) is 28.0 Å². The Kier molecular flexibility index (Phi) is 10.9. The van der Waals surface area contributed by atoms with Gasteiger partial charge >= 0.3 is 12.6 Å². The second kappa shape index (κ2) is 15.1. The first-order chi connectivity index (χ1) is 22.5. The summed E-state index contributed by atoms with van der Waals surface area (Å²) in [7, 11) is 1.33. The molecule has 248 valence electrons. The average molecular weight is 692 g/mol. The van der Waals surface area contributed by atoms with Crippen LogP contribution < -0.4 is 14.8 Å². The zero-order valence-electron chi connectivity index (χ0n) is 25.0. The molecule has 1 aliphatic carbocycles. The minimum atomic E-state index is -3.07. The molecule has 15 heteroatoms. The largest absolute Gasteiger partial charge is 0.489 e.